The van der Waals surface area contributed by atoms with Crippen molar-refractivity contribution in [3.63, 3.8) is 0 Å². The van der Waals surface area contributed by atoms with E-state index in [-0.39, 0.29) is 26.2 Å². The van der Waals surface area contributed by atoms with Gasteiger partial charge in [-0.3, -0.25) is 4.79 Å². The summed E-state index contributed by atoms with van der Waals surface area (Å²) in [5.74, 6) is -0.670. The second-order valence-corrected chi connectivity index (χ2v) is 2.56. The summed E-state index contributed by atoms with van der Waals surface area (Å²) >= 11 is 0. The maximum Gasteiger partial charge on any atom is 0.303 e. The van der Waals surface area contributed by atoms with Gasteiger partial charge in [0.05, 0.1) is 0 Å². The van der Waals surface area contributed by atoms with Crippen molar-refractivity contribution in [2.75, 3.05) is 0 Å². The first-order chi connectivity index (χ1) is 4.77. The SMILES string of the molecule is CCCCCCCC(=O)O.[Bi]. The minimum atomic E-state index is -0.670. The summed E-state index contributed by atoms with van der Waals surface area (Å²) in [5.41, 5.74) is 0. The first kappa shape index (κ1) is 13.9. The number of hydrogen-bond donors (Lipinski definition) is 1. The van der Waals surface area contributed by atoms with Crippen molar-refractivity contribution in [3.05, 3.63) is 0 Å². The van der Waals surface area contributed by atoms with Crippen LogP contribution in [0.3, 0.4) is 0 Å². The largest absolute Gasteiger partial charge is 0.481 e. The number of carboxylic acid groups (broad SMARTS) is 1. The van der Waals surface area contributed by atoms with E-state index >= 15 is 0 Å². The van der Waals surface area contributed by atoms with Crippen molar-refractivity contribution in [2.45, 2.75) is 45.4 Å². The minimum Gasteiger partial charge on any atom is -0.481 e. The van der Waals surface area contributed by atoms with Crippen LogP contribution in [0.15, 0.2) is 0 Å². The van der Waals surface area contributed by atoms with E-state index in [0.29, 0.717) is 6.42 Å². The third-order valence-electron chi connectivity index (χ3n) is 1.49. The quantitative estimate of drug-likeness (QED) is 0.586. The Bertz CT molecular complexity index is 94.1. The Balaban J connectivity index is 0. The van der Waals surface area contributed by atoms with Crippen LogP contribution in [0.25, 0.3) is 0 Å². The predicted octanol–water partition coefficient (Wildman–Crippen LogP) is 2.05. The van der Waals surface area contributed by atoms with Gasteiger partial charge in [0.15, 0.2) is 0 Å². The smallest absolute Gasteiger partial charge is 0.303 e. The summed E-state index contributed by atoms with van der Waals surface area (Å²) in [6.45, 7) is 2.15. The Kier molecular flexibility index (Phi) is 13.1. The monoisotopic (exact) mass is 353 g/mol. The molecule has 0 saturated carbocycles. The van der Waals surface area contributed by atoms with E-state index < -0.39 is 5.97 Å². The van der Waals surface area contributed by atoms with Gasteiger partial charge >= 0.3 is 5.97 Å². The van der Waals surface area contributed by atoms with Crippen molar-refractivity contribution in [1.82, 2.24) is 0 Å². The van der Waals surface area contributed by atoms with Crippen molar-refractivity contribution < 1.29 is 9.90 Å². The van der Waals surface area contributed by atoms with Crippen LogP contribution in [0, 0.1) is 0 Å². The van der Waals surface area contributed by atoms with Gasteiger partial charge in [-0.25, -0.2) is 0 Å². The second kappa shape index (κ2) is 10.4. The van der Waals surface area contributed by atoms with Gasteiger partial charge in [-0.2, -0.15) is 0 Å². The number of aliphatic carboxylic acids is 1. The molecular formula is C8H16BiO2. The fraction of sp³-hybridized carbons (Fsp3) is 0.875. The Labute approximate surface area is 87.5 Å². The molecule has 0 aromatic heterocycles. The van der Waals surface area contributed by atoms with Gasteiger partial charge < -0.3 is 5.11 Å². The molecule has 0 aromatic rings. The first-order valence-corrected chi connectivity index (χ1v) is 3.99. The van der Waals surface area contributed by atoms with E-state index in [1.165, 1.54) is 19.3 Å². The van der Waals surface area contributed by atoms with E-state index in [9.17, 15) is 4.79 Å². The molecule has 0 atom stereocenters. The van der Waals surface area contributed by atoms with Crippen LogP contribution in [0.1, 0.15) is 45.4 Å². The van der Waals surface area contributed by atoms with E-state index in [0.717, 1.165) is 12.8 Å². The molecule has 3 radical (unpaired) electrons. The van der Waals surface area contributed by atoms with Crippen LogP contribution >= 0.6 is 0 Å². The van der Waals surface area contributed by atoms with Gasteiger partial charge in [0.25, 0.3) is 0 Å². The number of hydrogen-bond acceptors (Lipinski definition) is 1. The summed E-state index contributed by atoms with van der Waals surface area (Å²) < 4.78 is 0. The van der Waals surface area contributed by atoms with Crippen LogP contribution < -0.4 is 0 Å². The maximum atomic E-state index is 10.0. The molecule has 0 aliphatic heterocycles. The molecule has 0 bridgehead atoms. The normalized spacial score (nSPS) is 8.82. The number of carboxylic acids is 1. The molecule has 0 unspecified atom stereocenters. The van der Waals surface area contributed by atoms with E-state index in [1.807, 2.05) is 0 Å². The molecule has 65 valence electrons. The summed E-state index contributed by atoms with van der Waals surface area (Å²) in [6, 6.07) is 0. The third kappa shape index (κ3) is 13.4. The third-order valence-corrected chi connectivity index (χ3v) is 1.49. The second-order valence-electron chi connectivity index (χ2n) is 2.56. The molecule has 0 aromatic carbocycles. The van der Waals surface area contributed by atoms with Crippen LogP contribution in [-0.2, 0) is 4.79 Å². The van der Waals surface area contributed by atoms with Gasteiger partial charge in [0.1, 0.15) is 0 Å². The van der Waals surface area contributed by atoms with Gasteiger partial charge in [0, 0.05) is 32.6 Å². The predicted molar refractivity (Wildman–Crippen MR) is 46.8 cm³/mol. The van der Waals surface area contributed by atoms with Crippen molar-refractivity contribution >= 4 is 32.2 Å². The number of unbranched alkanes of at least 4 members (excludes halogenated alkanes) is 4. The zero-order valence-corrected chi connectivity index (χ0v) is 10.5. The zero-order valence-electron chi connectivity index (χ0n) is 7.05. The van der Waals surface area contributed by atoms with Crippen molar-refractivity contribution in [2.24, 2.45) is 0 Å². The summed E-state index contributed by atoms with van der Waals surface area (Å²) in [5, 5.41) is 8.27. The Morgan fingerprint density at radius 3 is 2.18 bits per heavy atom. The molecule has 2 nitrogen and oxygen atoms in total. The van der Waals surface area contributed by atoms with Gasteiger partial charge in [-0.15, -0.1) is 0 Å². The van der Waals surface area contributed by atoms with Crippen molar-refractivity contribution in [1.29, 1.82) is 0 Å². The molecule has 3 heteroatoms. The summed E-state index contributed by atoms with van der Waals surface area (Å²) in [7, 11) is 0. The number of rotatable bonds is 6. The standard InChI is InChI=1S/C8H16O2.Bi/c1-2-3-4-5-6-7-8(9)10;/h2-7H2,1H3,(H,9,10);. The van der Waals surface area contributed by atoms with Crippen molar-refractivity contribution in [3.8, 4) is 0 Å². The van der Waals surface area contributed by atoms with Crippen LogP contribution in [-0.4, -0.2) is 37.3 Å². The molecule has 0 amide bonds. The molecule has 0 aliphatic rings. The molecule has 1 N–H and O–H groups in total. The Hall–Kier alpha value is 0.353. The molecule has 0 fully saturated rings. The average molecular weight is 353 g/mol. The Morgan fingerprint density at radius 1 is 1.18 bits per heavy atom. The summed E-state index contributed by atoms with van der Waals surface area (Å²) in [6.07, 6.45) is 5.88. The maximum absolute atomic E-state index is 10.0. The molecule has 0 aliphatic carbocycles. The zero-order chi connectivity index (χ0) is 7.82. The van der Waals surface area contributed by atoms with Crippen LogP contribution in [0.2, 0.25) is 0 Å². The van der Waals surface area contributed by atoms with Gasteiger partial charge in [-0.1, -0.05) is 32.6 Å². The first-order valence-electron chi connectivity index (χ1n) is 3.99. The fourth-order valence-electron chi connectivity index (χ4n) is 0.880. The van der Waals surface area contributed by atoms with E-state index in [4.69, 9.17) is 5.11 Å². The molecular weight excluding hydrogens is 337 g/mol. The number of carbonyl (C=O) groups is 1. The topological polar surface area (TPSA) is 37.3 Å². The molecule has 0 spiro atoms. The molecule has 0 rings (SSSR count). The average Bonchev–Trinajstić information content (AvgIpc) is 1.87. The summed E-state index contributed by atoms with van der Waals surface area (Å²) in [4.78, 5) is 10.0. The van der Waals surface area contributed by atoms with Crippen LogP contribution in [0.4, 0.5) is 0 Å². The fourth-order valence-corrected chi connectivity index (χ4v) is 0.880. The molecule has 11 heavy (non-hydrogen) atoms. The van der Waals surface area contributed by atoms with E-state index in [1.54, 1.807) is 0 Å². The van der Waals surface area contributed by atoms with Gasteiger partial charge in [0.2, 0.25) is 0 Å². The molecule has 0 heterocycles. The van der Waals surface area contributed by atoms with E-state index in [2.05, 4.69) is 6.92 Å². The van der Waals surface area contributed by atoms with Crippen LogP contribution in [0.5, 0.6) is 0 Å². The minimum absolute atomic E-state index is 0. The Morgan fingerprint density at radius 2 is 1.73 bits per heavy atom. The van der Waals surface area contributed by atoms with Gasteiger partial charge in [-0.05, 0) is 6.42 Å². The molecule has 0 saturated heterocycles.